The molecule has 0 aliphatic carbocycles. The van der Waals surface area contributed by atoms with E-state index in [1.165, 1.54) is 31.8 Å². The standard InChI is InChI=1S/C11H21B/c1-4-7-8-11-12(9-5-2)10-6-3/h4,7-8H,1,5-6,9-11H2,2-3H3/b8-7+. The largest absolute Gasteiger partial charge is 0.143 e. The highest BCUT2D eigenvalue weighted by molar-refractivity contribution is 6.59. The van der Waals surface area contributed by atoms with Crippen LogP contribution in [0.4, 0.5) is 0 Å². The molecule has 0 heterocycles. The van der Waals surface area contributed by atoms with Gasteiger partial charge in [0, 0.05) is 0 Å². The molecule has 12 heavy (non-hydrogen) atoms. The van der Waals surface area contributed by atoms with Gasteiger partial charge in [-0.2, -0.15) is 0 Å². The SMILES string of the molecule is C=C/C=C/CB(CCC)CCC. The van der Waals surface area contributed by atoms with Gasteiger partial charge in [0.25, 0.3) is 0 Å². The molecular formula is C11H21B. The van der Waals surface area contributed by atoms with Gasteiger partial charge in [-0.3, -0.25) is 0 Å². The molecule has 0 aromatic rings. The lowest BCUT2D eigenvalue weighted by molar-refractivity contribution is 0.999. The molecule has 0 spiro atoms. The topological polar surface area (TPSA) is 0 Å². The summed E-state index contributed by atoms with van der Waals surface area (Å²) >= 11 is 0. The van der Waals surface area contributed by atoms with E-state index in [4.69, 9.17) is 0 Å². The summed E-state index contributed by atoms with van der Waals surface area (Å²) < 4.78 is 0. The van der Waals surface area contributed by atoms with Gasteiger partial charge in [0.15, 0.2) is 0 Å². The van der Waals surface area contributed by atoms with Crippen molar-refractivity contribution in [1.29, 1.82) is 0 Å². The van der Waals surface area contributed by atoms with E-state index in [0.717, 1.165) is 6.71 Å². The van der Waals surface area contributed by atoms with Crippen LogP contribution < -0.4 is 0 Å². The van der Waals surface area contributed by atoms with Gasteiger partial charge in [0.05, 0.1) is 0 Å². The van der Waals surface area contributed by atoms with Crippen LogP contribution >= 0.6 is 0 Å². The van der Waals surface area contributed by atoms with Gasteiger partial charge in [-0.05, 0) is 0 Å². The summed E-state index contributed by atoms with van der Waals surface area (Å²) in [4.78, 5) is 0. The molecule has 0 nitrogen and oxygen atoms in total. The molecule has 0 bridgehead atoms. The van der Waals surface area contributed by atoms with Gasteiger partial charge in [-0.15, -0.1) is 0 Å². The lowest BCUT2D eigenvalue weighted by Crippen LogP contribution is -2.09. The normalized spacial score (nSPS) is 10.5. The lowest BCUT2D eigenvalue weighted by Gasteiger charge is -2.07. The number of hydrogen-bond donors (Lipinski definition) is 0. The molecule has 68 valence electrons. The first-order valence-corrected chi connectivity index (χ1v) is 5.12. The second kappa shape index (κ2) is 8.64. The van der Waals surface area contributed by atoms with Crippen molar-refractivity contribution in [2.24, 2.45) is 0 Å². The molecule has 0 aromatic heterocycles. The maximum absolute atomic E-state index is 3.66. The Morgan fingerprint density at radius 1 is 1.17 bits per heavy atom. The molecule has 0 saturated carbocycles. The predicted molar refractivity (Wildman–Crippen MR) is 60.1 cm³/mol. The molecule has 0 rings (SSSR count). The summed E-state index contributed by atoms with van der Waals surface area (Å²) in [6.45, 7) is 9.09. The maximum atomic E-state index is 3.66. The molecule has 0 aliphatic heterocycles. The Morgan fingerprint density at radius 2 is 1.75 bits per heavy atom. The molecule has 0 aromatic carbocycles. The third kappa shape index (κ3) is 6.27. The Balaban J connectivity index is 3.61. The molecular weight excluding hydrogens is 143 g/mol. The van der Waals surface area contributed by atoms with Crippen LogP contribution in [0.2, 0.25) is 19.0 Å². The zero-order chi connectivity index (χ0) is 9.23. The van der Waals surface area contributed by atoms with E-state index < -0.39 is 0 Å². The van der Waals surface area contributed by atoms with Gasteiger partial charge in [-0.25, -0.2) is 0 Å². The monoisotopic (exact) mass is 164 g/mol. The summed E-state index contributed by atoms with van der Waals surface area (Å²) in [5.41, 5.74) is 0. The van der Waals surface area contributed by atoms with Crippen molar-refractivity contribution in [1.82, 2.24) is 0 Å². The molecule has 1 heteroatoms. The lowest BCUT2D eigenvalue weighted by atomic mass is 9.42. The van der Waals surface area contributed by atoms with Crippen LogP contribution in [-0.4, -0.2) is 6.71 Å². The Labute approximate surface area is 77.8 Å². The van der Waals surface area contributed by atoms with E-state index >= 15 is 0 Å². The molecule has 0 fully saturated rings. The zero-order valence-corrected chi connectivity index (χ0v) is 8.55. The first-order valence-electron chi connectivity index (χ1n) is 5.12. The summed E-state index contributed by atoms with van der Waals surface area (Å²) in [5, 5.41) is 0. The van der Waals surface area contributed by atoms with Crippen molar-refractivity contribution in [3.63, 3.8) is 0 Å². The summed E-state index contributed by atoms with van der Waals surface area (Å²) in [5.74, 6) is 0. The van der Waals surface area contributed by atoms with Crippen LogP contribution in [0, 0.1) is 0 Å². The van der Waals surface area contributed by atoms with Crippen molar-refractivity contribution in [3.05, 3.63) is 24.8 Å². The average Bonchev–Trinajstić information content (AvgIpc) is 2.06. The van der Waals surface area contributed by atoms with Crippen molar-refractivity contribution in [3.8, 4) is 0 Å². The third-order valence-corrected chi connectivity index (χ3v) is 2.14. The summed E-state index contributed by atoms with van der Waals surface area (Å²) in [6, 6.07) is 0. The van der Waals surface area contributed by atoms with Crippen molar-refractivity contribution in [2.75, 3.05) is 0 Å². The van der Waals surface area contributed by atoms with Gasteiger partial charge >= 0.3 is 0 Å². The third-order valence-electron chi connectivity index (χ3n) is 2.14. The van der Waals surface area contributed by atoms with Gasteiger partial charge < -0.3 is 0 Å². The van der Waals surface area contributed by atoms with E-state index in [1.54, 1.807) is 0 Å². The maximum Gasteiger partial charge on any atom is 0.143 e. The van der Waals surface area contributed by atoms with Crippen molar-refractivity contribution in [2.45, 2.75) is 45.6 Å². The quantitative estimate of drug-likeness (QED) is 0.393. The number of allylic oxidation sites excluding steroid dienone is 3. The van der Waals surface area contributed by atoms with Gasteiger partial charge in [-0.1, -0.05) is 70.5 Å². The fourth-order valence-electron chi connectivity index (χ4n) is 1.56. The van der Waals surface area contributed by atoms with E-state index in [1.807, 2.05) is 6.08 Å². The zero-order valence-electron chi connectivity index (χ0n) is 8.55. The Morgan fingerprint density at radius 3 is 2.17 bits per heavy atom. The fraction of sp³-hybridized carbons (Fsp3) is 0.636. The van der Waals surface area contributed by atoms with Crippen LogP contribution in [0.15, 0.2) is 24.8 Å². The van der Waals surface area contributed by atoms with Crippen LogP contribution in [0.25, 0.3) is 0 Å². The van der Waals surface area contributed by atoms with Crippen molar-refractivity contribution < 1.29 is 0 Å². The van der Waals surface area contributed by atoms with E-state index in [0.29, 0.717) is 0 Å². The Bertz CT molecular complexity index is 121. The highest BCUT2D eigenvalue weighted by Crippen LogP contribution is 2.11. The number of hydrogen-bond acceptors (Lipinski definition) is 0. The molecule has 0 radical (unpaired) electrons. The first-order chi connectivity index (χ1) is 5.85. The fourth-order valence-corrected chi connectivity index (χ4v) is 1.56. The highest BCUT2D eigenvalue weighted by atomic mass is 13.8. The average molecular weight is 164 g/mol. The molecule has 0 aliphatic rings. The molecule has 0 amide bonds. The first kappa shape index (κ1) is 11.5. The Hall–Kier alpha value is -0.455. The number of rotatable bonds is 7. The molecule has 0 N–H and O–H groups in total. The predicted octanol–water partition coefficient (Wildman–Crippen LogP) is 4.04. The van der Waals surface area contributed by atoms with Gasteiger partial charge in [0.2, 0.25) is 0 Å². The van der Waals surface area contributed by atoms with E-state index in [-0.39, 0.29) is 0 Å². The minimum absolute atomic E-state index is 0.899. The van der Waals surface area contributed by atoms with Gasteiger partial charge in [0.1, 0.15) is 6.71 Å². The Kier molecular flexibility index (Phi) is 8.31. The molecule has 0 saturated heterocycles. The van der Waals surface area contributed by atoms with E-state index in [2.05, 4.69) is 32.6 Å². The van der Waals surface area contributed by atoms with E-state index in [9.17, 15) is 0 Å². The summed E-state index contributed by atoms with van der Waals surface area (Å²) in [7, 11) is 0. The van der Waals surface area contributed by atoms with Crippen LogP contribution in [-0.2, 0) is 0 Å². The highest BCUT2D eigenvalue weighted by Gasteiger charge is 2.07. The molecule has 0 atom stereocenters. The smallest absolute Gasteiger partial charge is 0.0991 e. The van der Waals surface area contributed by atoms with Crippen LogP contribution in [0.3, 0.4) is 0 Å². The minimum Gasteiger partial charge on any atom is -0.0991 e. The minimum atomic E-state index is 0.899. The second-order valence-corrected chi connectivity index (χ2v) is 3.34. The summed E-state index contributed by atoms with van der Waals surface area (Å²) in [6.07, 6.45) is 12.7. The van der Waals surface area contributed by atoms with Crippen LogP contribution in [0.1, 0.15) is 26.7 Å². The second-order valence-electron chi connectivity index (χ2n) is 3.34. The molecule has 0 unspecified atom stereocenters. The van der Waals surface area contributed by atoms with Crippen molar-refractivity contribution >= 4 is 6.71 Å². The van der Waals surface area contributed by atoms with Crippen LogP contribution in [0.5, 0.6) is 0 Å².